The molecule has 1 rings (SSSR count). The van der Waals surface area contributed by atoms with Crippen LogP contribution in [-0.4, -0.2) is 11.1 Å². The van der Waals surface area contributed by atoms with E-state index in [0.29, 0.717) is 5.56 Å². The average Bonchev–Trinajstić information content (AvgIpc) is 2.05. The van der Waals surface area contributed by atoms with Crippen molar-refractivity contribution < 1.29 is 14.4 Å². The first-order valence-electron chi connectivity index (χ1n) is 2.94. The molecule has 0 fully saturated rings. The van der Waals surface area contributed by atoms with Gasteiger partial charge in [-0.05, 0) is 24.3 Å². The van der Waals surface area contributed by atoms with Gasteiger partial charge in [-0.15, -0.1) is 0 Å². The minimum Gasteiger partial charge on any atom is -0.508 e. The van der Waals surface area contributed by atoms with Crippen molar-refractivity contribution in [3.05, 3.63) is 29.8 Å². The van der Waals surface area contributed by atoms with Gasteiger partial charge < -0.3 is 9.63 Å². The molecular formula is C7H7O3P. The summed E-state index contributed by atoms with van der Waals surface area (Å²) in [5.41, 5.74) is 0.415. The largest absolute Gasteiger partial charge is 0.508 e. The Hall–Kier alpha value is -1.08. The number of hydrogen-bond acceptors (Lipinski definition) is 3. The van der Waals surface area contributed by atoms with Gasteiger partial charge in [-0.2, -0.15) is 0 Å². The molecule has 0 radical (unpaired) electrons. The summed E-state index contributed by atoms with van der Waals surface area (Å²) in [7, 11) is 1.87. The molecule has 1 aromatic carbocycles. The van der Waals surface area contributed by atoms with Crippen LogP contribution in [0.4, 0.5) is 0 Å². The molecule has 0 aliphatic carbocycles. The van der Waals surface area contributed by atoms with Crippen LogP contribution in [0.1, 0.15) is 10.4 Å². The molecule has 3 nitrogen and oxygen atoms in total. The van der Waals surface area contributed by atoms with Crippen molar-refractivity contribution in [2.24, 2.45) is 0 Å². The maximum atomic E-state index is 10.8. The van der Waals surface area contributed by atoms with Crippen LogP contribution in [0.3, 0.4) is 0 Å². The summed E-state index contributed by atoms with van der Waals surface area (Å²) in [5, 5.41) is 8.85. The Balaban J connectivity index is 2.90. The molecule has 0 aliphatic heterocycles. The van der Waals surface area contributed by atoms with Gasteiger partial charge in [0, 0.05) is 0 Å². The molecule has 0 heterocycles. The minimum absolute atomic E-state index is 0.130. The summed E-state index contributed by atoms with van der Waals surface area (Å²) in [4.78, 5) is 10.8. The Morgan fingerprint density at radius 3 is 2.36 bits per heavy atom. The van der Waals surface area contributed by atoms with Crippen molar-refractivity contribution in [2.75, 3.05) is 0 Å². The zero-order valence-corrected chi connectivity index (χ0v) is 6.81. The summed E-state index contributed by atoms with van der Waals surface area (Å²) in [6.07, 6.45) is 0. The third kappa shape index (κ3) is 1.92. The van der Waals surface area contributed by atoms with E-state index in [4.69, 9.17) is 5.11 Å². The fourth-order valence-electron chi connectivity index (χ4n) is 0.666. The maximum absolute atomic E-state index is 10.8. The van der Waals surface area contributed by atoms with E-state index in [-0.39, 0.29) is 5.75 Å². The lowest BCUT2D eigenvalue weighted by Gasteiger charge is -1.97. The number of hydrogen-bond donors (Lipinski definition) is 1. The van der Waals surface area contributed by atoms with Gasteiger partial charge >= 0.3 is 5.97 Å². The lowest BCUT2D eigenvalue weighted by molar-refractivity contribution is 0.0765. The summed E-state index contributed by atoms with van der Waals surface area (Å²) in [6.45, 7) is 0. The molecule has 1 N–H and O–H groups in total. The molecule has 0 aliphatic rings. The first-order chi connectivity index (χ1) is 5.24. The van der Waals surface area contributed by atoms with E-state index in [9.17, 15) is 4.79 Å². The van der Waals surface area contributed by atoms with Crippen molar-refractivity contribution in [1.29, 1.82) is 0 Å². The van der Waals surface area contributed by atoms with E-state index in [1.807, 2.05) is 9.47 Å². The molecule has 0 bridgehead atoms. The predicted octanol–water partition coefficient (Wildman–Crippen LogP) is 1.34. The highest BCUT2D eigenvalue weighted by Crippen LogP contribution is 2.11. The first kappa shape index (κ1) is 8.02. The Labute approximate surface area is 66.3 Å². The van der Waals surface area contributed by atoms with E-state index >= 15 is 0 Å². The predicted molar refractivity (Wildman–Crippen MR) is 43.2 cm³/mol. The number of carbonyl (C=O) groups is 1. The Kier molecular flexibility index (Phi) is 2.44. The van der Waals surface area contributed by atoms with Crippen LogP contribution in [0.5, 0.6) is 5.75 Å². The highest BCUT2D eigenvalue weighted by atomic mass is 31.0. The van der Waals surface area contributed by atoms with Crippen LogP contribution in [0, 0.1) is 0 Å². The molecule has 0 spiro atoms. The number of aromatic hydroxyl groups is 1. The molecular weight excluding hydrogens is 163 g/mol. The van der Waals surface area contributed by atoms with Crippen LogP contribution in [0.2, 0.25) is 0 Å². The SMILES string of the molecule is O=C(OP)c1ccc(O)cc1. The van der Waals surface area contributed by atoms with Crippen LogP contribution < -0.4 is 0 Å². The third-order valence-corrected chi connectivity index (χ3v) is 1.42. The molecule has 1 atom stereocenters. The van der Waals surface area contributed by atoms with Crippen LogP contribution >= 0.6 is 9.47 Å². The Morgan fingerprint density at radius 1 is 1.36 bits per heavy atom. The Bertz CT molecular complexity index is 255. The number of phenolic OH excluding ortho intramolecular Hbond substituents is 1. The van der Waals surface area contributed by atoms with Crippen LogP contribution in [0.15, 0.2) is 24.3 Å². The summed E-state index contributed by atoms with van der Waals surface area (Å²) >= 11 is 0. The van der Waals surface area contributed by atoms with Crippen molar-refractivity contribution in [2.45, 2.75) is 0 Å². The number of rotatable bonds is 1. The number of carbonyl (C=O) groups excluding carboxylic acids is 1. The number of phenols is 1. The van der Waals surface area contributed by atoms with Gasteiger partial charge in [-0.25, -0.2) is 4.79 Å². The van der Waals surface area contributed by atoms with E-state index in [0.717, 1.165) is 0 Å². The molecule has 58 valence electrons. The fraction of sp³-hybridized carbons (Fsp3) is 0. The highest BCUT2D eigenvalue weighted by molar-refractivity contribution is 7.10. The third-order valence-electron chi connectivity index (χ3n) is 1.21. The topological polar surface area (TPSA) is 46.5 Å². The average molecular weight is 170 g/mol. The van der Waals surface area contributed by atoms with Crippen molar-refractivity contribution in [3.63, 3.8) is 0 Å². The second-order valence-corrected chi connectivity index (χ2v) is 2.19. The molecule has 0 amide bonds. The van der Waals surface area contributed by atoms with Crippen molar-refractivity contribution >= 4 is 15.4 Å². The summed E-state index contributed by atoms with van der Waals surface area (Å²) in [6, 6.07) is 5.83. The highest BCUT2D eigenvalue weighted by Gasteiger charge is 2.02. The van der Waals surface area contributed by atoms with Gasteiger partial charge in [0.1, 0.15) is 5.75 Å². The second kappa shape index (κ2) is 3.35. The summed E-state index contributed by atoms with van der Waals surface area (Å²) in [5.74, 6) is -0.305. The van der Waals surface area contributed by atoms with E-state index in [2.05, 4.69) is 4.52 Å². The van der Waals surface area contributed by atoms with Gasteiger partial charge in [-0.1, -0.05) is 0 Å². The first-order valence-corrected chi connectivity index (χ1v) is 3.41. The van der Waals surface area contributed by atoms with E-state index in [1.165, 1.54) is 24.3 Å². The zero-order valence-electron chi connectivity index (χ0n) is 5.65. The molecule has 0 saturated carbocycles. The van der Waals surface area contributed by atoms with Crippen molar-refractivity contribution in [1.82, 2.24) is 0 Å². The van der Waals surface area contributed by atoms with Crippen molar-refractivity contribution in [3.8, 4) is 5.75 Å². The molecule has 0 saturated heterocycles. The van der Waals surface area contributed by atoms with Crippen LogP contribution in [-0.2, 0) is 4.52 Å². The summed E-state index contributed by atoms with van der Waals surface area (Å²) < 4.78 is 4.37. The normalized spacial score (nSPS) is 9.18. The van der Waals surface area contributed by atoms with Gasteiger partial charge in [0.05, 0.1) is 15.0 Å². The van der Waals surface area contributed by atoms with Gasteiger partial charge in [0.15, 0.2) is 0 Å². The monoisotopic (exact) mass is 170 g/mol. The van der Waals surface area contributed by atoms with Gasteiger partial charge in [0.25, 0.3) is 0 Å². The van der Waals surface area contributed by atoms with E-state index < -0.39 is 5.97 Å². The van der Waals surface area contributed by atoms with Crippen LogP contribution in [0.25, 0.3) is 0 Å². The lowest BCUT2D eigenvalue weighted by Crippen LogP contribution is -1.95. The number of benzene rings is 1. The smallest absolute Gasteiger partial charge is 0.340 e. The molecule has 4 heteroatoms. The van der Waals surface area contributed by atoms with Gasteiger partial charge in [0.2, 0.25) is 0 Å². The van der Waals surface area contributed by atoms with Gasteiger partial charge in [-0.3, -0.25) is 0 Å². The van der Waals surface area contributed by atoms with E-state index in [1.54, 1.807) is 0 Å². The quantitative estimate of drug-likeness (QED) is 0.647. The molecule has 1 aromatic rings. The Morgan fingerprint density at radius 2 is 1.91 bits per heavy atom. The fourth-order valence-corrected chi connectivity index (χ4v) is 0.802. The molecule has 11 heavy (non-hydrogen) atoms. The lowest BCUT2D eigenvalue weighted by atomic mass is 10.2. The molecule has 1 unspecified atom stereocenters. The standard InChI is InChI=1S/C7H7O3P/c8-6-3-1-5(2-4-6)7(9)10-11/h1-4,8H,11H2. The second-order valence-electron chi connectivity index (χ2n) is 1.95. The minimum atomic E-state index is -0.435. The zero-order chi connectivity index (χ0) is 8.27. The molecule has 0 aromatic heterocycles. The maximum Gasteiger partial charge on any atom is 0.340 e.